The molecule has 0 unspecified atom stereocenters. The highest BCUT2D eigenvalue weighted by Crippen LogP contribution is 2.17. The quantitative estimate of drug-likeness (QED) is 0.803. The third-order valence-electron chi connectivity index (χ3n) is 2.55. The van der Waals surface area contributed by atoms with Gasteiger partial charge in [0.2, 0.25) is 0 Å². The molecule has 0 aliphatic carbocycles. The number of aromatic amines is 1. The maximum Gasteiger partial charge on any atom is 0.357 e. The Morgan fingerprint density at radius 3 is 2.63 bits per heavy atom. The lowest BCUT2D eigenvalue weighted by Gasteiger charge is -2.07. The van der Waals surface area contributed by atoms with Crippen molar-refractivity contribution in [3.63, 3.8) is 0 Å². The Labute approximate surface area is 109 Å². The first-order valence-corrected chi connectivity index (χ1v) is 5.69. The Morgan fingerprint density at radius 1 is 1.32 bits per heavy atom. The van der Waals surface area contributed by atoms with Gasteiger partial charge in [0.25, 0.3) is 5.91 Å². The highest BCUT2D eigenvalue weighted by molar-refractivity contribution is 5.91. The van der Waals surface area contributed by atoms with Gasteiger partial charge in [-0.2, -0.15) is 5.10 Å². The molecule has 1 aromatic heterocycles. The lowest BCUT2D eigenvalue weighted by atomic mass is 10.1. The zero-order chi connectivity index (χ0) is 13.8. The van der Waals surface area contributed by atoms with Gasteiger partial charge in [0, 0.05) is 5.56 Å². The van der Waals surface area contributed by atoms with Crippen LogP contribution in [0.1, 0.15) is 17.4 Å². The first-order valence-electron chi connectivity index (χ1n) is 5.69. The van der Waals surface area contributed by atoms with Crippen molar-refractivity contribution in [1.29, 1.82) is 0 Å². The van der Waals surface area contributed by atoms with Crippen molar-refractivity contribution in [2.45, 2.75) is 13.0 Å². The van der Waals surface area contributed by atoms with Gasteiger partial charge < -0.3 is 10.5 Å². The van der Waals surface area contributed by atoms with Gasteiger partial charge in [-0.25, -0.2) is 4.79 Å². The van der Waals surface area contributed by atoms with Gasteiger partial charge in [0.05, 0.1) is 5.69 Å². The number of nitrogens with one attached hydrogen (secondary N) is 1. The molecule has 6 nitrogen and oxygen atoms in total. The number of nitrogens with two attached hydrogens (primary N) is 1. The first-order chi connectivity index (χ1) is 9.08. The largest absolute Gasteiger partial charge is 0.448 e. The van der Waals surface area contributed by atoms with Crippen LogP contribution in [0.25, 0.3) is 11.3 Å². The van der Waals surface area contributed by atoms with Crippen molar-refractivity contribution in [3.8, 4) is 11.3 Å². The van der Waals surface area contributed by atoms with Crippen molar-refractivity contribution < 1.29 is 14.3 Å². The van der Waals surface area contributed by atoms with Crippen molar-refractivity contribution in [3.05, 3.63) is 42.1 Å². The molecular formula is C13H13N3O3. The molecule has 0 saturated carbocycles. The highest BCUT2D eigenvalue weighted by atomic mass is 16.5. The summed E-state index contributed by atoms with van der Waals surface area (Å²) in [4.78, 5) is 22.5. The molecular weight excluding hydrogens is 246 g/mol. The van der Waals surface area contributed by atoms with Gasteiger partial charge in [0.1, 0.15) is 5.69 Å². The summed E-state index contributed by atoms with van der Waals surface area (Å²) in [6, 6.07) is 10.9. The Kier molecular flexibility index (Phi) is 3.61. The maximum absolute atomic E-state index is 11.7. The summed E-state index contributed by atoms with van der Waals surface area (Å²) in [5.74, 6) is -1.36. The van der Waals surface area contributed by atoms with E-state index in [1.807, 2.05) is 30.3 Å². The van der Waals surface area contributed by atoms with Crippen LogP contribution < -0.4 is 5.73 Å². The molecule has 0 saturated heterocycles. The number of aromatic nitrogens is 2. The van der Waals surface area contributed by atoms with E-state index in [1.165, 1.54) is 6.92 Å². The Balaban J connectivity index is 2.13. The minimum absolute atomic E-state index is 0.173. The number of rotatable bonds is 4. The van der Waals surface area contributed by atoms with E-state index in [-0.39, 0.29) is 5.69 Å². The van der Waals surface area contributed by atoms with Crippen LogP contribution in [0.5, 0.6) is 0 Å². The fraction of sp³-hybridized carbons (Fsp3) is 0.154. The second-order valence-corrected chi connectivity index (χ2v) is 3.98. The molecule has 1 aromatic carbocycles. The van der Waals surface area contributed by atoms with E-state index in [0.29, 0.717) is 5.69 Å². The molecule has 0 aliphatic rings. The number of nitrogens with zero attached hydrogens (tertiary/aromatic N) is 1. The second kappa shape index (κ2) is 5.34. The zero-order valence-corrected chi connectivity index (χ0v) is 10.3. The Hall–Kier alpha value is -2.63. The van der Waals surface area contributed by atoms with Crippen molar-refractivity contribution in [1.82, 2.24) is 10.2 Å². The van der Waals surface area contributed by atoms with Crippen LogP contribution in [0.2, 0.25) is 0 Å². The average Bonchev–Trinajstić information content (AvgIpc) is 2.89. The summed E-state index contributed by atoms with van der Waals surface area (Å²) in [6.07, 6.45) is -0.976. The third-order valence-corrected chi connectivity index (χ3v) is 2.55. The number of amides is 1. The molecule has 2 rings (SSSR count). The van der Waals surface area contributed by atoms with Crippen LogP contribution in [0.3, 0.4) is 0 Å². The fourth-order valence-corrected chi connectivity index (χ4v) is 1.47. The number of esters is 1. The van der Waals surface area contributed by atoms with E-state index >= 15 is 0 Å². The summed E-state index contributed by atoms with van der Waals surface area (Å²) >= 11 is 0. The fourth-order valence-electron chi connectivity index (χ4n) is 1.47. The van der Waals surface area contributed by atoms with E-state index in [0.717, 1.165) is 5.56 Å². The van der Waals surface area contributed by atoms with Crippen molar-refractivity contribution >= 4 is 11.9 Å². The standard InChI is InChI=1S/C13H13N3O3/c1-8(12(14)17)19-13(18)11-7-10(15-16-11)9-5-3-2-4-6-9/h2-8H,1H3,(H2,14,17)(H,15,16)/t8-/m0/s1. The minimum atomic E-state index is -0.976. The van der Waals surface area contributed by atoms with Crippen LogP contribution >= 0.6 is 0 Å². The van der Waals surface area contributed by atoms with Crippen LogP contribution in [-0.2, 0) is 9.53 Å². The molecule has 0 fully saturated rings. The third kappa shape index (κ3) is 2.98. The Morgan fingerprint density at radius 2 is 2.00 bits per heavy atom. The molecule has 0 aliphatic heterocycles. The number of carbonyl (C=O) groups excluding carboxylic acids is 2. The Bertz CT molecular complexity index is 592. The summed E-state index contributed by atoms with van der Waals surface area (Å²) in [5, 5.41) is 6.59. The van der Waals surface area contributed by atoms with Gasteiger partial charge in [-0.05, 0) is 13.0 Å². The monoisotopic (exact) mass is 259 g/mol. The normalized spacial score (nSPS) is 11.8. The van der Waals surface area contributed by atoms with Crippen molar-refractivity contribution in [2.24, 2.45) is 5.73 Å². The van der Waals surface area contributed by atoms with Crippen LogP contribution in [0.15, 0.2) is 36.4 Å². The van der Waals surface area contributed by atoms with Gasteiger partial charge in [0.15, 0.2) is 6.10 Å². The van der Waals surface area contributed by atoms with E-state index in [2.05, 4.69) is 10.2 Å². The van der Waals surface area contributed by atoms with Gasteiger partial charge >= 0.3 is 5.97 Å². The summed E-state index contributed by atoms with van der Waals surface area (Å²) in [7, 11) is 0. The van der Waals surface area contributed by atoms with E-state index < -0.39 is 18.0 Å². The van der Waals surface area contributed by atoms with Crippen LogP contribution in [0.4, 0.5) is 0 Å². The number of hydrogen-bond donors (Lipinski definition) is 2. The smallest absolute Gasteiger partial charge is 0.357 e. The maximum atomic E-state index is 11.7. The number of H-pyrrole nitrogens is 1. The molecule has 0 radical (unpaired) electrons. The van der Waals surface area contributed by atoms with E-state index in [1.54, 1.807) is 6.07 Å². The van der Waals surface area contributed by atoms with E-state index in [4.69, 9.17) is 10.5 Å². The molecule has 6 heteroatoms. The minimum Gasteiger partial charge on any atom is -0.448 e. The molecule has 1 heterocycles. The van der Waals surface area contributed by atoms with Gasteiger partial charge in [-0.3, -0.25) is 9.89 Å². The molecule has 2 aromatic rings. The summed E-state index contributed by atoms with van der Waals surface area (Å²) in [5.41, 5.74) is 6.69. The summed E-state index contributed by atoms with van der Waals surface area (Å²) < 4.78 is 4.86. The lowest BCUT2D eigenvalue weighted by Crippen LogP contribution is -2.30. The predicted molar refractivity (Wildman–Crippen MR) is 68.1 cm³/mol. The van der Waals surface area contributed by atoms with Gasteiger partial charge in [-0.15, -0.1) is 0 Å². The zero-order valence-electron chi connectivity index (χ0n) is 10.3. The molecule has 19 heavy (non-hydrogen) atoms. The predicted octanol–water partition coefficient (Wildman–Crippen LogP) is 1.11. The second-order valence-electron chi connectivity index (χ2n) is 3.98. The molecule has 98 valence electrons. The number of carbonyl (C=O) groups is 2. The summed E-state index contributed by atoms with van der Waals surface area (Å²) in [6.45, 7) is 1.41. The number of primary amides is 1. The molecule has 0 spiro atoms. The van der Waals surface area contributed by atoms with Gasteiger partial charge in [-0.1, -0.05) is 30.3 Å². The van der Waals surface area contributed by atoms with Crippen LogP contribution in [-0.4, -0.2) is 28.2 Å². The SMILES string of the molecule is C[C@H](OC(=O)c1cc(-c2ccccc2)n[nH]1)C(N)=O. The number of hydrogen-bond acceptors (Lipinski definition) is 4. The number of ether oxygens (including phenoxy) is 1. The van der Waals surface area contributed by atoms with E-state index in [9.17, 15) is 9.59 Å². The van der Waals surface area contributed by atoms with Crippen molar-refractivity contribution in [2.75, 3.05) is 0 Å². The average molecular weight is 259 g/mol. The molecule has 1 atom stereocenters. The van der Waals surface area contributed by atoms with Crippen LogP contribution in [0, 0.1) is 0 Å². The molecule has 1 amide bonds. The lowest BCUT2D eigenvalue weighted by molar-refractivity contribution is -0.125. The highest BCUT2D eigenvalue weighted by Gasteiger charge is 2.18. The molecule has 3 N–H and O–H groups in total. The first kappa shape index (κ1) is 12.8. The topological polar surface area (TPSA) is 98.1 Å². The number of benzene rings is 1. The molecule has 0 bridgehead atoms.